The third kappa shape index (κ3) is 7.06. The molecule has 1 fully saturated rings. The molecule has 3 aromatic carbocycles. The van der Waals surface area contributed by atoms with Crippen LogP contribution in [-0.2, 0) is 22.7 Å². The molecule has 0 saturated carbocycles. The van der Waals surface area contributed by atoms with E-state index in [0.717, 1.165) is 11.3 Å². The number of carbonyl (C=O) groups is 3. The third-order valence-electron chi connectivity index (χ3n) is 5.85. The van der Waals surface area contributed by atoms with Gasteiger partial charge in [-0.3, -0.25) is 19.8 Å². The third-order valence-corrected chi connectivity index (χ3v) is 6.34. The summed E-state index contributed by atoms with van der Waals surface area (Å²) in [5.41, 5.74) is 1.42. The first-order chi connectivity index (χ1) is 19.3. The van der Waals surface area contributed by atoms with Crippen LogP contribution in [0.25, 0.3) is 6.08 Å². The number of ether oxygens (including phenoxy) is 3. The van der Waals surface area contributed by atoms with Crippen molar-refractivity contribution < 1.29 is 33.0 Å². The van der Waals surface area contributed by atoms with Gasteiger partial charge in [-0.05, 0) is 73.0 Å². The molecule has 4 amide bonds. The maximum absolute atomic E-state index is 13.6. The Hall–Kier alpha value is -4.18. The number of imide groups is 2. The van der Waals surface area contributed by atoms with Crippen LogP contribution in [0.4, 0.5) is 9.18 Å². The van der Waals surface area contributed by atoms with Crippen molar-refractivity contribution in [3.8, 4) is 17.2 Å². The maximum atomic E-state index is 13.6. The molecule has 3 aromatic rings. The molecule has 0 unspecified atom stereocenters. The van der Waals surface area contributed by atoms with Gasteiger partial charge in [-0.1, -0.05) is 41.1 Å². The van der Waals surface area contributed by atoms with Crippen LogP contribution in [-0.4, -0.2) is 36.0 Å². The molecule has 10 heteroatoms. The highest BCUT2D eigenvalue weighted by Crippen LogP contribution is 2.31. The smallest absolute Gasteiger partial charge is 0.331 e. The highest BCUT2D eigenvalue weighted by atomic mass is 79.9. The van der Waals surface area contributed by atoms with Crippen LogP contribution in [0.1, 0.15) is 37.0 Å². The molecule has 0 radical (unpaired) electrons. The topological polar surface area (TPSA) is 94.2 Å². The van der Waals surface area contributed by atoms with Gasteiger partial charge in [-0.2, -0.15) is 0 Å². The van der Waals surface area contributed by atoms with Gasteiger partial charge in [0.2, 0.25) is 0 Å². The minimum absolute atomic E-state index is 0.0699. The number of halogens is 2. The zero-order chi connectivity index (χ0) is 28.6. The van der Waals surface area contributed by atoms with E-state index in [1.807, 2.05) is 13.8 Å². The van der Waals surface area contributed by atoms with E-state index in [0.29, 0.717) is 51.6 Å². The van der Waals surface area contributed by atoms with E-state index in [4.69, 9.17) is 14.2 Å². The van der Waals surface area contributed by atoms with Crippen molar-refractivity contribution in [1.29, 1.82) is 0 Å². The average molecular weight is 611 g/mol. The lowest BCUT2D eigenvalue weighted by Crippen LogP contribution is -2.53. The molecule has 0 bridgehead atoms. The normalized spacial score (nSPS) is 14.3. The van der Waals surface area contributed by atoms with Crippen LogP contribution in [0.2, 0.25) is 0 Å². The van der Waals surface area contributed by atoms with Crippen LogP contribution < -0.4 is 19.5 Å². The summed E-state index contributed by atoms with van der Waals surface area (Å²) in [4.78, 5) is 39.8. The summed E-state index contributed by atoms with van der Waals surface area (Å²) in [6, 6.07) is 15.4. The number of carbonyl (C=O) groups excluding carboxylic acids is 3. The summed E-state index contributed by atoms with van der Waals surface area (Å²) in [6.07, 6.45) is 2.20. The number of barbiturate groups is 1. The molecule has 1 aliphatic heterocycles. The number of hydrogen-bond acceptors (Lipinski definition) is 6. The minimum Gasteiger partial charge on any atom is -0.490 e. The predicted molar refractivity (Wildman–Crippen MR) is 150 cm³/mol. The summed E-state index contributed by atoms with van der Waals surface area (Å²) < 4.78 is 31.6. The molecule has 1 aliphatic rings. The Morgan fingerprint density at radius 3 is 2.45 bits per heavy atom. The lowest BCUT2D eigenvalue weighted by Gasteiger charge is -2.27. The molecule has 0 atom stereocenters. The van der Waals surface area contributed by atoms with Crippen molar-refractivity contribution in [2.24, 2.45) is 0 Å². The van der Waals surface area contributed by atoms with Crippen molar-refractivity contribution in [1.82, 2.24) is 10.2 Å². The van der Waals surface area contributed by atoms with Gasteiger partial charge in [-0.15, -0.1) is 0 Å². The first-order valence-corrected chi connectivity index (χ1v) is 13.5. The first-order valence-electron chi connectivity index (χ1n) is 12.7. The molecule has 0 spiro atoms. The zero-order valence-corrected chi connectivity index (χ0v) is 23.6. The zero-order valence-electron chi connectivity index (χ0n) is 22.0. The van der Waals surface area contributed by atoms with Gasteiger partial charge >= 0.3 is 6.03 Å². The van der Waals surface area contributed by atoms with Crippen LogP contribution in [0.15, 0.2) is 70.7 Å². The number of urea groups is 1. The van der Waals surface area contributed by atoms with Gasteiger partial charge in [-0.25, -0.2) is 9.18 Å². The number of nitrogens with one attached hydrogen (secondary N) is 1. The molecule has 208 valence electrons. The second-order valence-corrected chi connectivity index (χ2v) is 9.79. The number of rotatable bonds is 11. The molecule has 1 heterocycles. The van der Waals surface area contributed by atoms with Gasteiger partial charge in [0, 0.05) is 10.0 Å². The average Bonchev–Trinajstić information content (AvgIpc) is 2.92. The molecule has 4 rings (SSSR count). The Labute approximate surface area is 239 Å². The van der Waals surface area contributed by atoms with Crippen molar-refractivity contribution >= 4 is 39.9 Å². The summed E-state index contributed by atoms with van der Waals surface area (Å²) in [6.45, 7) is 4.75. The second-order valence-electron chi connectivity index (χ2n) is 8.87. The molecule has 1 saturated heterocycles. The molecule has 8 nitrogen and oxygen atoms in total. The van der Waals surface area contributed by atoms with Crippen LogP contribution in [0.5, 0.6) is 17.2 Å². The molecule has 0 aliphatic carbocycles. The van der Waals surface area contributed by atoms with E-state index < -0.39 is 17.8 Å². The lowest BCUT2D eigenvalue weighted by molar-refractivity contribution is -0.130. The Bertz CT molecular complexity index is 1460. The van der Waals surface area contributed by atoms with Gasteiger partial charge in [0.1, 0.15) is 23.7 Å². The highest BCUT2D eigenvalue weighted by molar-refractivity contribution is 9.10. The van der Waals surface area contributed by atoms with Gasteiger partial charge in [0.15, 0.2) is 11.5 Å². The van der Waals surface area contributed by atoms with Gasteiger partial charge < -0.3 is 14.2 Å². The quantitative estimate of drug-likeness (QED) is 0.211. The predicted octanol–water partition coefficient (Wildman–Crippen LogP) is 6.02. The molecular weight excluding hydrogens is 583 g/mol. The summed E-state index contributed by atoms with van der Waals surface area (Å²) >= 11 is 3.40. The van der Waals surface area contributed by atoms with Crippen molar-refractivity contribution in [2.45, 2.75) is 33.4 Å². The fourth-order valence-electron chi connectivity index (χ4n) is 3.98. The number of benzene rings is 3. The monoisotopic (exact) mass is 610 g/mol. The molecular formula is C30H28BrFN2O6. The SMILES string of the molecule is CCCOc1ccc(CN2C(=O)NC(=O)/C(=C\c3cc(Br)ccc3OCc3cccc(F)c3)C2=O)cc1OCC. The van der Waals surface area contributed by atoms with E-state index >= 15 is 0 Å². The molecule has 0 aromatic heterocycles. The van der Waals surface area contributed by atoms with Crippen LogP contribution >= 0.6 is 15.9 Å². The summed E-state index contributed by atoms with van der Waals surface area (Å²) in [5, 5.41) is 2.24. The highest BCUT2D eigenvalue weighted by Gasteiger charge is 2.36. The largest absolute Gasteiger partial charge is 0.490 e. The standard InChI is InChI=1S/C30H28BrFN2O6/c1-3-12-39-26-10-8-19(14-27(26)38-4-2)17-34-29(36)24(28(35)33-30(34)37)16-21-15-22(31)9-11-25(21)40-18-20-6-5-7-23(32)13-20/h5-11,13-16H,3-4,12,17-18H2,1-2H3,(H,33,35,37)/b24-16+. The fraction of sp³-hybridized carbons (Fsp3) is 0.233. The summed E-state index contributed by atoms with van der Waals surface area (Å²) in [5.74, 6) is -0.523. The number of nitrogens with zero attached hydrogens (tertiary/aromatic N) is 1. The minimum atomic E-state index is -0.826. The second kappa shape index (κ2) is 13.3. The van der Waals surface area contributed by atoms with Gasteiger partial charge in [0.05, 0.1) is 19.8 Å². The first kappa shape index (κ1) is 28.8. The Balaban J connectivity index is 1.59. The molecule has 1 N–H and O–H groups in total. The Kier molecular flexibility index (Phi) is 9.55. The van der Waals surface area contributed by atoms with E-state index in [1.54, 1.807) is 48.5 Å². The van der Waals surface area contributed by atoms with Crippen molar-refractivity contribution in [2.75, 3.05) is 13.2 Å². The molecule has 40 heavy (non-hydrogen) atoms. The van der Waals surface area contributed by atoms with E-state index in [2.05, 4.69) is 21.2 Å². The Morgan fingerprint density at radius 1 is 0.900 bits per heavy atom. The number of hydrogen-bond donors (Lipinski definition) is 1. The van der Waals surface area contributed by atoms with E-state index in [1.165, 1.54) is 18.2 Å². The fourth-order valence-corrected chi connectivity index (χ4v) is 4.36. The lowest BCUT2D eigenvalue weighted by atomic mass is 10.1. The van der Waals surface area contributed by atoms with Crippen molar-refractivity contribution in [3.63, 3.8) is 0 Å². The number of amides is 4. The van der Waals surface area contributed by atoms with E-state index in [-0.39, 0.29) is 24.5 Å². The Morgan fingerprint density at radius 2 is 1.70 bits per heavy atom. The van der Waals surface area contributed by atoms with Gasteiger partial charge in [0.25, 0.3) is 11.8 Å². The van der Waals surface area contributed by atoms with Crippen LogP contribution in [0.3, 0.4) is 0 Å². The van der Waals surface area contributed by atoms with Crippen molar-refractivity contribution in [3.05, 3.63) is 93.2 Å². The summed E-state index contributed by atoms with van der Waals surface area (Å²) in [7, 11) is 0. The maximum Gasteiger partial charge on any atom is 0.331 e. The van der Waals surface area contributed by atoms with E-state index in [9.17, 15) is 18.8 Å². The van der Waals surface area contributed by atoms with Crippen LogP contribution in [0, 0.1) is 5.82 Å².